The van der Waals surface area contributed by atoms with E-state index in [0.717, 1.165) is 44.7 Å². The summed E-state index contributed by atoms with van der Waals surface area (Å²) in [6, 6.07) is 2.18. The maximum atomic E-state index is 5.71. The number of hydrogen-bond donors (Lipinski definition) is 1. The van der Waals surface area contributed by atoms with Crippen LogP contribution >= 0.6 is 12.2 Å². The van der Waals surface area contributed by atoms with Crippen LogP contribution < -0.4 is 5.73 Å². The highest BCUT2D eigenvalue weighted by atomic mass is 32.1. The summed E-state index contributed by atoms with van der Waals surface area (Å²) >= 11 is 5.07. The van der Waals surface area contributed by atoms with Crippen molar-refractivity contribution < 1.29 is 0 Å². The van der Waals surface area contributed by atoms with Gasteiger partial charge in [-0.3, -0.25) is 9.58 Å². The molecule has 0 bridgehead atoms. The van der Waals surface area contributed by atoms with Gasteiger partial charge in [-0.25, -0.2) is 0 Å². The number of rotatable bonds is 4. The van der Waals surface area contributed by atoms with Gasteiger partial charge >= 0.3 is 0 Å². The van der Waals surface area contributed by atoms with E-state index in [1.54, 1.807) is 0 Å². The standard InChI is InChI=1S/C13H22N4S/c1-3-17-12(8-10(2)15-17)9-16-6-4-11(5-7-16)13(14)18/h8,11H,3-7,9H2,1-2H3,(H2,14,18). The summed E-state index contributed by atoms with van der Waals surface area (Å²) in [5.41, 5.74) is 8.12. The van der Waals surface area contributed by atoms with Crippen LogP contribution in [0.15, 0.2) is 6.07 Å². The molecule has 0 amide bonds. The Morgan fingerprint density at radius 1 is 1.50 bits per heavy atom. The third-order valence-electron chi connectivity index (χ3n) is 3.66. The lowest BCUT2D eigenvalue weighted by atomic mass is 9.97. The Bertz CT molecular complexity index is 419. The predicted octanol–water partition coefficient (Wildman–Crippen LogP) is 1.71. The minimum atomic E-state index is 0.439. The molecule has 100 valence electrons. The Hall–Kier alpha value is -0.940. The number of piperidine rings is 1. The van der Waals surface area contributed by atoms with Crippen LogP contribution in [-0.4, -0.2) is 32.8 Å². The molecule has 1 aromatic rings. The van der Waals surface area contributed by atoms with E-state index in [1.807, 2.05) is 0 Å². The molecule has 0 spiro atoms. The number of nitrogens with zero attached hydrogens (tertiary/aromatic N) is 3. The van der Waals surface area contributed by atoms with Crippen molar-refractivity contribution in [2.75, 3.05) is 13.1 Å². The van der Waals surface area contributed by atoms with Gasteiger partial charge in [0.05, 0.1) is 16.4 Å². The van der Waals surface area contributed by atoms with Crippen molar-refractivity contribution in [3.05, 3.63) is 17.5 Å². The summed E-state index contributed by atoms with van der Waals surface area (Å²) in [6.45, 7) is 8.26. The van der Waals surface area contributed by atoms with Gasteiger partial charge < -0.3 is 5.73 Å². The van der Waals surface area contributed by atoms with Gasteiger partial charge in [0.2, 0.25) is 0 Å². The Balaban J connectivity index is 1.93. The van der Waals surface area contributed by atoms with E-state index in [-0.39, 0.29) is 0 Å². The highest BCUT2D eigenvalue weighted by molar-refractivity contribution is 7.80. The molecule has 0 aliphatic carbocycles. The molecule has 0 atom stereocenters. The Kier molecular flexibility index (Phi) is 4.35. The summed E-state index contributed by atoms with van der Waals surface area (Å²) < 4.78 is 2.09. The normalized spacial score (nSPS) is 18.1. The van der Waals surface area contributed by atoms with Gasteiger partial charge in [0.15, 0.2) is 0 Å². The Labute approximate surface area is 114 Å². The van der Waals surface area contributed by atoms with Crippen LogP contribution in [0.3, 0.4) is 0 Å². The first-order chi connectivity index (χ1) is 8.60. The van der Waals surface area contributed by atoms with Crippen LogP contribution in [0, 0.1) is 12.8 Å². The van der Waals surface area contributed by atoms with Crippen molar-refractivity contribution in [2.24, 2.45) is 11.7 Å². The van der Waals surface area contributed by atoms with Crippen LogP contribution in [0.5, 0.6) is 0 Å². The van der Waals surface area contributed by atoms with Crippen LogP contribution in [0.1, 0.15) is 31.2 Å². The minimum absolute atomic E-state index is 0.439. The molecule has 2 heterocycles. The highest BCUT2D eigenvalue weighted by Crippen LogP contribution is 2.19. The van der Waals surface area contributed by atoms with Gasteiger partial charge in [-0.1, -0.05) is 12.2 Å². The summed E-state index contributed by atoms with van der Waals surface area (Å²) in [5, 5.41) is 4.49. The first-order valence-corrected chi connectivity index (χ1v) is 7.06. The number of nitrogens with two attached hydrogens (primary N) is 1. The maximum Gasteiger partial charge on any atom is 0.0759 e. The van der Waals surface area contributed by atoms with Crippen LogP contribution in [0.2, 0.25) is 0 Å². The zero-order chi connectivity index (χ0) is 13.1. The number of aryl methyl sites for hydroxylation is 2. The van der Waals surface area contributed by atoms with Gasteiger partial charge in [0.1, 0.15) is 0 Å². The van der Waals surface area contributed by atoms with Crippen LogP contribution in [-0.2, 0) is 13.1 Å². The van der Waals surface area contributed by atoms with Gasteiger partial charge in [0, 0.05) is 19.0 Å². The summed E-state index contributed by atoms with van der Waals surface area (Å²) in [6.07, 6.45) is 2.18. The van der Waals surface area contributed by atoms with Gasteiger partial charge in [-0.15, -0.1) is 0 Å². The zero-order valence-corrected chi connectivity index (χ0v) is 12.0. The van der Waals surface area contributed by atoms with E-state index in [0.29, 0.717) is 10.9 Å². The fourth-order valence-corrected chi connectivity index (χ4v) is 2.84. The van der Waals surface area contributed by atoms with Crippen molar-refractivity contribution in [1.29, 1.82) is 0 Å². The second-order valence-corrected chi connectivity index (χ2v) is 5.52. The summed E-state index contributed by atoms with van der Waals surface area (Å²) in [5.74, 6) is 0.439. The lowest BCUT2D eigenvalue weighted by Gasteiger charge is -2.31. The second-order valence-electron chi connectivity index (χ2n) is 5.05. The molecular weight excluding hydrogens is 244 g/mol. The molecule has 2 rings (SSSR count). The van der Waals surface area contributed by atoms with E-state index < -0.39 is 0 Å². The van der Waals surface area contributed by atoms with E-state index in [4.69, 9.17) is 18.0 Å². The predicted molar refractivity (Wildman–Crippen MR) is 77.4 cm³/mol. The average molecular weight is 266 g/mol. The van der Waals surface area contributed by atoms with E-state index in [2.05, 4.69) is 34.6 Å². The maximum absolute atomic E-state index is 5.71. The SMILES string of the molecule is CCn1nc(C)cc1CN1CCC(C(N)=S)CC1. The van der Waals surface area contributed by atoms with Gasteiger partial charge in [-0.05, 0) is 45.8 Å². The van der Waals surface area contributed by atoms with E-state index in [9.17, 15) is 0 Å². The molecule has 2 N–H and O–H groups in total. The third-order valence-corrected chi connectivity index (χ3v) is 3.99. The Morgan fingerprint density at radius 3 is 2.72 bits per heavy atom. The minimum Gasteiger partial charge on any atom is -0.393 e. The molecule has 0 radical (unpaired) electrons. The molecular formula is C13H22N4S. The first kappa shape index (κ1) is 13.5. The molecule has 0 saturated carbocycles. The van der Waals surface area contributed by atoms with Crippen molar-refractivity contribution in [3.63, 3.8) is 0 Å². The third kappa shape index (κ3) is 3.09. The topological polar surface area (TPSA) is 47.1 Å². The molecule has 1 aromatic heterocycles. The molecule has 1 aliphatic heterocycles. The average Bonchev–Trinajstić information content (AvgIpc) is 2.70. The van der Waals surface area contributed by atoms with Gasteiger partial charge in [0.25, 0.3) is 0 Å². The molecule has 1 saturated heterocycles. The van der Waals surface area contributed by atoms with Gasteiger partial charge in [-0.2, -0.15) is 5.10 Å². The number of thiocarbonyl (C=S) groups is 1. The monoisotopic (exact) mass is 266 g/mol. The number of likely N-dealkylation sites (tertiary alicyclic amines) is 1. The number of aromatic nitrogens is 2. The first-order valence-electron chi connectivity index (χ1n) is 6.65. The van der Waals surface area contributed by atoms with Crippen molar-refractivity contribution in [2.45, 2.75) is 39.8 Å². The smallest absolute Gasteiger partial charge is 0.0759 e. The van der Waals surface area contributed by atoms with Crippen LogP contribution in [0.4, 0.5) is 0 Å². The van der Waals surface area contributed by atoms with Crippen molar-refractivity contribution in [1.82, 2.24) is 14.7 Å². The molecule has 4 nitrogen and oxygen atoms in total. The van der Waals surface area contributed by atoms with E-state index in [1.165, 1.54) is 5.69 Å². The molecule has 0 unspecified atom stereocenters. The van der Waals surface area contributed by atoms with Crippen molar-refractivity contribution >= 4 is 17.2 Å². The lowest BCUT2D eigenvalue weighted by molar-refractivity contribution is 0.197. The fourth-order valence-electron chi connectivity index (χ4n) is 2.60. The fraction of sp³-hybridized carbons (Fsp3) is 0.692. The lowest BCUT2D eigenvalue weighted by Crippen LogP contribution is -2.37. The molecule has 1 aliphatic rings. The van der Waals surface area contributed by atoms with Crippen molar-refractivity contribution in [3.8, 4) is 0 Å². The number of hydrogen-bond acceptors (Lipinski definition) is 3. The zero-order valence-electron chi connectivity index (χ0n) is 11.2. The quantitative estimate of drug-likeness (QED) is 0.843. The molecule has 5 heteroatoms. The highest BCUT2D eigenvalue weighted by Gasteiger charge is 2.21. The second kappa shape index (κ2) is 5.80. The Morgan fingerprint density at radius 2 is 2.17 bits per heavy atom. The summed E-state index contributed by atoms with van der Waals surface area (Å²) in [4.78, 5) is 3.15. The van der Waals surface area contributed by atoms with E-state index >= 15 is 0 Å². The molecule has 0 aromatic carbocycles. The summed E-state index contributed by atoms with van der Waals surface area (Å²) in [7, 11) is 0. The molecule has 18 heavy (non-hydrogen) atoms. The van der Waals surface area contributed by atoms with Crippen LogP contribution in [0.25, 0.3) is 0 Å². The largest absolute Gasteiger partial charge is 0.393 e. The molecule has 1 fully saturated rings.